The predicted molar refractivity (Wildman–Crippen MR) is 101 cm³/mol. The van der Waals surface area contributed by atoms with Crippen molar-refractivity contribution < 1.29 is 14.1 Å². The molecule has 0 aromatic heterocycles. The standard InChI is InChI=1S/C22H21FN2O/c23-20-10-8-18(9-11-20)22(26)25-14-12-24(13-15-25)16-19-6-3-5-17-4-1-2-7-21(17)19/h1-11H,12-16H2/p+1. The molecule has 0 bridgehead atoms. The summed E-state index contributed by atoms with van der Waals surface area (Å²) in [6, 6.07) is 20.7. The third-order valence-corrected chi connectivity index (χ3v) is 5.17. The maximum atomic E-state index is 13.0. The highest BCUT2D eigenvalue weighted by Gasteiger charge is 2.24. The largest absolute Gasteiger partial charge is 0.328 e. The van der Waals surface area contributed by atoms with Gasteiger partial charge in [0, 0.05) is 11.1 Å². The van der Waals surface area contributed by atoms with Gasteiger partial charge in [-0.25, -0.2) is 4.39 Å². The van der Waals surface area contributed by atoms with E-state index in [2.05, 4.69) is 42.5 Å². The Balaban J connectivity index is 1.40. The molecule has 0 saturated carbocycles. The Morgan fingerprint density at radius 2 is 1.62 bits per heavy atom. The number of halogens is 1. The van der Waals surface area contributed by atoms with Crippen LogP contribution in [0.15, 0.2) is 66.7 Å². The van der Waals surface area contributed by atoms with Crippen LogP contribution >= 0.6 is 0 Å². The zero-order chi connectivity index (χ0) is 17.9. The number of carbonyl (C=O) groups is 1. The molecule has 0 radical (unpaired) electrons. The highest BCUT2D eigenvalue weighted by Crippen LogP contribution is 2.17. The van der Waals surface area contributed by atoms with Crippen LogP contribution in [0.25, 0.3) is 10.8 Å². The monoisotopic (exact) mass is 349 g/mol. The van der Waals surface area contributed by atoms with Crippen LogP contribution in [0.2, 0.25) is 0 Å². The Morgan fingerprint density at radius 1 is 0.923 bits per heavy atom. The Morgan fingerprint density at radius 3 is 2.38 bits per heavy atom. The lowest BCUT2D eigenvalue weighted by atomic mass is 10.0. The third kappa shape index (κ3) is 3.46. The van der Waals surface area contributed by atoms with E-state index in [-0.39, 0.29) is 11.7 Å². The molecule has 3 aromatic rings. The van der Waals surface area contributed by atoms with E-state index in [0.717, 1.165) is 32.7 Å². The summed E-state index contributed by atoms with van der Waals surface area (Å²) in [4.78, 5) is 15.9. The van der Waals surface area contributed by atoms with E-state index in [4.69, 9.17) is 0 Å². The molecule has 132 valence electrons. The fourth-order valence-electron chi connectivity index (χ4n) is 3.69. The molecule has 1 saturated heterocycles. The van der Waals surface area contributed by atoms with Gasteiger partial charge in [0.2, 0.25) is 0 Å². The van der Waals surface area contributed by atoms with Crippen molar-refractivity contribution in [1.82, 2.24) is 4.90 Å². The van der Waals surface area contributed by atoms with Crippen LogP contribution < -0.4 is 4.90 Å². The lowest BCUT2D eigenvalue weighted by Gasteiger charge is -2.32. The molecule has 1 amide bonds. The van der Waals surface area contributed by atoms with Crippen molar-refractivity contribution in [2.45, 2.75) is 6.54 Å². The fourth-order valence-corrected chi connectivity index (χ4v) is 3.69. The number of nitrogens with one attached hydrogen (secondary N) is 1. The van der Waals surface area contributed by atoms with Gasteiger partial charge in [0.05, 0.1) is 26.2 Å². The van der Waals surface area contributed by atoms with Gasteiger partial charge < -0.3 is 9.80 Å². The summed E-state index contributed by atoms with van der Waals surface area (Å²) in [5, 5.41) is 2.59. The lowest BCUT2D eigenvalue weighted by molar-refractivity contribution is -0.917. The first-order valence-electron chi connectivity index (χ1n) is 9.06. The summed E-state index contributed by atoms with van der Waals surface area (Å²) in [6.07, 6.45) is 0. The Kier molecular flexibility index (Phi) is 4.67. The normalized spacial score (nSPS) is 15.3. The first kappa shape index (κ1) is 16.7. The maximum absolute atomic E-state index is 13.0. The molecule has 1 aliphatic rings. The molecule has 0 unspecified atom stereocenters. The van der Waals surface area contributed by atoms with Crippen LogP contribution in [0.4, 0.5) is 4.39 Å². The van der Waals surface area contributed by atoms with Crippen molar-refractivity contribution in [3.05, 3.63) is 83.7 Å². The van der Waals surface area contributed by atoms with Gasteiger partial charge in [-0.3, -0.25) is 4.79 Å². The van der Waals surface area contributed by atoms with E-state index in [1.807, 2.05) is 4.90 Å². The number of hydrogen-bond acceptors (Lipinski definition) is 1. The van der Waals surface area contributed by atoms with Gasteiger partial charge >= 0.3 is 0 Å². The SMILES string of the molecule is O=C(c1ccc(F)cc1)N1CC[NH+](Cc2cccc3ccccc23)CC1. The molecule has 3 nitrogen and oxygen atoms in total. The molecule has 1 fully saturated rings. The summed E-state index contributed by atoms with van der Waals surface area (Å²) in [6.45, 7) is 4.29. The van der Waals surface area contributed by atoms with Crippen LogP contribution in [-0.2, 0) is 6.54 Å². The van der Waals surface area contributed by atoms with E-state index in [9.17, 15) is 9.18 Å². The molecule has 0 atom stereocenters. The summed E-state index contributed by atoms with van der Waals surface area (Å²) in [5.74, 6) is -0.319. The number of quaternary nitrogens is 1. The second-order valence-corrected chi connectivity index (χ2v) is 6.86. The number of fused-ring (bicyclic) bond motifs is 1. The first-order chi connectivity index (χ1) is 12.7. The summed E-state index contributed by atoms with van der Waals surface area (Å²) >= 11 is 0. The molecule has 0 aliphatic carbocycles. The number of carbonyl (C=O) groups excluding carboxylic acids is 1. The topological polar surface area (TPSA) is 24.8 Å². The fraction of sp³-hybridized carbons (Fsp3) is 0.227. The van der Waals surface area contributed by atoms with Crippen molar-refractivity contribution >= 4 is 16.7 Å². The third-order valence-electron chi connectivity index (χ3n) is 5.17. The number of rotatable bonds is 3. The van der Waals surface area contributed by atoms with Crippen LogP contribution in [-0.4, -0.2) is 37.0 Å². The van der Waals surface area contributed by atoms with E-state index in [1.54, 1.807) is 12.1 Å². The summed E-state index contributed by atoms with van der Waals surface area (Å²) < 4.78 is 13.0. The Bertz CT molecular complexity index is 910. The summed E-state index contributed by atoms with van der Waals surface area (Å²) in [7, 11) is 0. The predicted octanol–water partition coefficient (Wildman–Crippen LogP) is 2.52. The quantitative estimate of drug-likeness (QED) is 0.772. The van der Waals surface area contributed by atoms with Crippen molar-refractivity contribution in [3.63, 3.8) is 0 Å². The number of benzene rings is 3. The molecule has 1 aliphatic heterocycles. The summed E-state index contributed by atoms with van der Waals surface area (Å²) in [5.41, 5.74) is 1.92. The van der Waals surface area contributed by atoms with Crippen molar-refractivity contribution in [1.29, 1.82) is 0 Å². The average molecular weight is 349 g/mol. The minimum Gasteiger partial charge on any atom is -0.328 e. The Labute approximate surface area is 152 Å². The van der Waals surface area contributed by atoms with E-state index >= 15 is 0 Å². The maximum Gasteiger partial charge on any atom is 0.254 e. The van der Waals surface area contributed by atoms with Gasteiger partial charge in [-0.2, -0.15) is 0 Å². The van der Waals surface area contributed by atoms with Crippen molar-refractivity contribution in [2.75, 3.05) is 26.2 Å². The number of hydrogen-bond donors (Lipinski definition) is 1. The molecule has 4 heteroatoms. The number of amides is 1. The number of piperazine rings is 1. The second-order valence-electron chi connectivity index (χ2n) is 6.86. The van der Waals surface area contributed by atoms with Crippen LogP contribution in [0, 0.1) is 5.82 Å². The van der Waals surface area contributed by atoms with Gasteiger partial charge in [0.15, 0.2) is 0 Å². The zero-order valence-electron chi connectivity index (χ0n) is 14.6. The number of nitrogens with zero attached hydrogens (tertiary/aromatic N) is 1. The molecular formula is C22H22FN2O+. The minimum absolute atomic E-state index is 0.00536. The van der Waals surface area contributed by atoms with Crippen LogP contribution in [0.3, 0.4) is 0 Å². The van der Waals surface area contributed by atoms with Crippen LogP contribution in [0.1, 0.15) is 15.9 Å². The van der Waals surface area contributed by atoms with Gasteiger partial charge in [-0.05, 0) is 35.0 Å². The molecule has 0 spiro atoms. The lowest BCUT2D eigenvalue weighted by Crippen LogP contribution is -3.13. The van der Waals surface area contributed by atoms with Gasteiger partial charge in [-0.1, -0.05) is 42.5 Å². The van der Waals surface area contributed by atoms with Crippen molar-refractivity contribution in [2.24, 2.45) is 0 Å². The molecule has 4 rings (SSSR count). The zero-order valence-corrected chi connectivity index (χ0v) is 14.6. The van der Waals surface area contributed by atoms with E-state index in [0.29, 0.717) is 5.56 Å². The minimum atomic E-state index is -0.314. The van der Waals surface area contributed by atoms with Crippen LogP contribution in [0.5, 0.6) is 0 Å². The molecule has 1 heterocycles. The highest BCUT2D eigenvalue weighted by molar-refractivity contribution is 5.94. The average Bonchev–Trinajstić information content (AvgIpc) is 2.69. The van der Waals surface area contributed by atoms with E-state index < -0.39 is 0 Å². The Hall–Kier alpha value is -2.72. The van der Waals surface area contributed by atoms with E-state index in [1.165, 1.54) is 33.4 Å². The molecule has 26 heavy (non-hydrogen) atoms. The van der Waals surface area contributed by atoms with Crippen molar-refractivity contribution in [3.8, 4) is 0 Å². The molecule has 3 aromatic carbocycles. The highest BCUT2D eigenvalue weighted by atomic mass is 19.1. The van der Waals surface area contributed by atoms with Gasteiger partial charge in [0.25, 0.3) is 5.91 Å². The second kappa shape index (κ2) is 7.26. The van der Waals surface area contributed by atoms with Gasteiger partial charge in [0.1, 0.15) is 12.4 Å². The molecule has 1 N–H and O–H groups in total. The first-order valence-corrected chi connectivity index (χ1v) is 9.06. The molecular weight excluding hydrogens is 327 g/mol. The van der Waals surface area contributed by atoms with Gasteiger partial charge in [-0.15, -0.1) is 0 Å². The smallest absolute Gasteiger partial charge is 0.254 e.